The van der Waals surface area contributed by atoms with Crippen LogP contribution in [0.5, 0.6) is 0 Å². The Morgan fingerprint density at radius 2 is 2.12 bits per heavy atom. The van der Waals surface area contributed by atoms with Gasteiger partial charge in [0.05, 0.1) is 31.0 Å². The molecular weight excluding hydrogens is 444 g/mol. The number of aryl methyl sites for hydroxylation is 1. The van der Waals surface area contributed by atoms with E-state index in [1.54, 1.807) is 19.1 Å². The molecule has 0 saturated carbocycles. The van der Waals surface area contributed by atoms with Crippen LogP contribution in [0.3, 0.4) is 0 Å². The number of methoxy groups -OCH3 is 1. The number of anilines is 1. The lowest BCUT2D eigenvalue weighted by atomic mass is 10.1. The van der Waals surface area contributed by atoms with Gasteiger partial charge in [0.15, 0.2) is 0 Å². The minimum atomic E-state index is -0.595. The zero-order chi connectivity index (χ0) is 24.7. The van der Waals surface area contributed by atoms with Crippen molar-refractivity contribution in [1.82, 2.24) is 9.99 Å². The van der Waals surface area contributed by atoms with Crippen LogP contribution in [-0.2, 0) is 27.4 Å². The number of carbonyl (C=O) groups excluding carboxylic acids is 1. The minimum absolute atomic E-state index is 0.0875. The van der Waals surface area contributed by atoms with Gasteiger partial charge in [-0.2, -0.15) is 10.4 Å². The van der Waals surface area contributed by atoms with Gasteiger partial charge in [-0.05, 0) is 19.1 Å². The normalized spacial score (nSPS) is 13.6. The average molecular weight is 468 g/mol. The molecule has 12 heteroatoms. The summed E-state index contributed by atoms with van der Waals surface area (Å²) in [6.07, 6.45) is 1.33. The minimum Gasteiger partial charge on any atom is -0.380 e. The Hall–Kier alpha value is -4.08. The van der Waals surface area contributed by atoms with Gasteiger partial charge in [0.1, 0.15) is 18.2 Å². The fourth-order valence-electron chi connectivity index (χ4n) is 3.62. The summed E-state index contributed by atoms with van der Waals surface area (Å²) < 4.78 is 11.6. The van der Waals surface area contributed by atoms with E-state index in [4.69, 9.17) is 9.47 Å². The summed E-state index contributed by atoms with van der Waals surface area (Å²) in [5, 5.41) is 24.5. The Balaban J connectivity index is 1.79. The lowest BCUT2D eigenvalue weighted by Gasteiger charge is -2.29. The molecule has 0 radical (unpaired) electrons. The lowest BCUT2D eigenvalue weighted by Crippen LogP contribution is -2.36. The van der Waals surface area contributed by atoms with Crippen molar-refractivity contribution in [1.29, 1.82) is 5.26 Å². The second-order valence-electron chi connectivity index (χ2n) is 7.51. The van der Waals surface area contributed by atoms with E-state index in [1.807, 2.05) is 11.0 Å². The summed E-state index contributed by atoms with van der Waals surface area (Å²) in [6, 6.07) is 7.92. The van der Waals surface area contributed by atoms with Crippen LogP contribution >= 0.6 is 0 Å². The van der Waals surface area contributed by atoms with Crippen molar-refractivity contribution in [3.8, 4) is 6.07 Å². The molecule has 12 nitrogen and oxygen atoms in total. The maximum absolute atomic E-state index is 12.7. The zero-order valence-electron chi connectivity index (χ0n) is 18.8. The van der Waals surface area contributed by atoms with Crippen molar-refractivity contribution in [2.24, 2.45) is 5.10 Å². The van der Waals surface area contributed by atoms with E-state index in [0.29, 0.717) is 43.1 Å². The number of amides is 1. The third-order valence-corrected chi connectivity index (χ3v) is 5.27. The highest BCUT2D eigenvalue weighted by atomic mass is 16.6. The number of hydrogen-bond donors (Lipinski definition) is 1. The molecule has 0 unspecified atom stereocenters. The number of nitriles is 1. The highest BCUT2D eigenvalue weighted by Gasteiger charge is 2.18. The molecule has 2 heterocycles. The number of morpholine rings is 1. The van der Waals surface area contributed by atoms with E-state index in [2.05, 4.69) is 10.5 Å². The Morgan fingerprint density at radius 3 is 2.76 bits per heavy atom. The topological polar surface area (TPSA) is 152 Å². The fraction of sp³-hybridized carbons (Fsp3) is 0.364. The number of rotatable bonds is 8. The fourth-order valence-corrected chi connectivity index (χ4v) is 3.62. The summed E-state index contributed by atoms with van der Waals surface area (Å²) in [4.78, 5) is 37.8. The third kappa shape index (κ3) is 5.64. The van der Waals surface area contributed by atoms with Gasteiger partial charge in [0, 0.05) is 54.8 Å². The number of non-ortho nitro benzene ring substituents is 1. The Labute approximate surface area is 195 Å². The molecule has 1 amide bonds. The zero-order valence-corrected chi connectivity index (χ0v) is 18.8. The Morgan fingerprint density at radius 1 is 1.38 bits per heavy atom. The quantitative estimate of drug-likeness (QED) is 0.343. The number of nitrogens with one attached hydrogen (secondary N) is 1. The summed E-state index contributed by atoms with van der Waals surface area (Å²) in [5.74, 6) is -0.594. The van der Waals surface area contributed by atoms with Crippen molar-refractivity contribution in [2.45, 2.75) is 20.1 Å². The summed E-state index contributed by atoms with van der Waals surface area (Å²) in [6.45, 7) is 3.70. The maximum Gasteiger partial charge on any atom is 0.270 e. The Kier molecular flexibility index (Phi) is 8.07. The van der Waals surface area contributed by atoms with E-state index in [9.17, 15) is 25.0 Å². The van der Waals surface area contributed by atoms with Gasteiger partial charge in [-0.25, -0.2) is 5.43 Å². The molecule has 0 spiro atoms. The van der Waals surface area contributed by atoms with E-state index < -0.39 is 16.4 Å². The first-order valence-corrected chi connectivity index (χ1v) is 10.4. The van der Waals surface area contributed by atoms with E-state index >= 15 is 0 Å². The predicted octanol–water partition coefficient (Wildman–Crippen LogP) is 1.07. The lowest BCUT2D eigenvalue weighted by molar-refractivity contribution is -0.384. The van der Waals surface area contributed by atoms with Gasteiger partial charge >= 0.3 is 0 Å². The average Bonchev–Trinajstić information content (AvgIpc) is 2.82. The molecule has 3 rings (SSSR count). The summed E-state index contributed by atoms with van der Waals surface area (Å²) >= 11 is 0. The van der Waals surface area contributed by atoms with E-state index in [-0.39, 0.29) is 24.4 Å². The second kappa shape index (κ2) is 11.2. The molecule has 1 fully saturated rings. The van der Waals surface area contributed by atoms with Gasteiger partial charge in [0.2, 0.25) is 0 Å². The van der Waals surface area contributed by atoms with Crippen molar-refractivity contribution in [3.05, 3.63) is 67.1 Å². The van der Waals surface area contributed by atoms with Crippen molar-refractivity contribution < 1.29 is 19.2 Å². The number of nitro benzene ring substituents is 1. The van der Waals surface area contributed by atoms with Gasteiger partial charge in [-0.1, -0.05) is 0 Å². The first-order chi connectivity index (χ1) is 16.3. The van der Waals surface area contributed by atoms with Crippen LogP contribution in [0.4, 0.5) is 11.4 Å². The van der Waals surface area contributed by atoms with Crippen LogP contribution in [0.25, 0.3) is 0 Å². The van der Waals surface area contributed by atoms with Crippen molar-refractivity contribution >= 4 is 23.5 Å². The molecule has 0 atom stereocenters. The van der Waals surface area contributed by atoms with Crippen LogP contribution in [0.15, 0.2) is 34.2 Å². The number of ether oxygens (including phenoxy) is 2. The molecule has 0 bridgehead atoms. The summed E-state index contributed by atoms with van der Waals surface area (Å²) in [5.41, 5.74) is 3.68. The maximum atomic E-state index is 12.7. The van der Waals surface area contributed by atoms with Crippen LogP contribution < -0.4 is 15.9 Å². The molecular formula is C22H24N6O6. The van der Waals surface area contributed by atoms with Crippen molar-refractivity contribution in [3.63, 3.8) is 0 Å². The van der Waals surface area contributed by atoms with E-state index in [1.165, 1.54) is 30.0 Å². The first-order valence-electron chi connectivity index (χ1n) is 10.4. The van der Waals surface area contributed by atoms with Gasteiger partial charge in [0.25, 0.3) is 17.2 Å². The molecule has 1 aromatic heterocycles. The molecule has 2 aromatic rings. The monoisotopic (exact) mass is 468 g/mol. The van der Waals surface area contributed by atoms with Crippen LogP contribution in [0.1, 0.15) is 22.4 Å². The molecule has 34 heavy (non-hydrogen) atoms. The molecule has 1 aromatic carbocycles. The van der Waals surface area contributed by atoms with Crippen LogP contribution in [-0.4, -0.2) is 55.0 Å². The highest BCUT2D eigenvalue weighted by molar-refractivity contribution is 5.90. The highest BCUT2D eigenvalue weighted by Crippen LogP contribution is 2.25. The number of benzene rings is 1. The first kappa shape index (κ1) is 24.6. The van der Waals surface area contributed by atoms with Crippen molar-refractivity contribution in [2.75, 3.05) is 38.3 Å². The van der Waals surface area contributed by atoms with E-state index in [0.717, 1.165) is 5.69 Å². The number of nitro groups is 1. The number of nitrogens with zero attached hydrogens (tertiary/aromatic N) is 5. The number of hydrazone groups is 1. The summed E-state index contributed by atoms with van der Waals surface area (Å²) in [7, 11) is 1.46. The SMILES string of the molecule is COCc1cc(C)n(CC(=O)N/N=C\c2cc([N+](=O)[O-])ccc2N2CCOCC2)c(=O)c1C#N. The largest absolute Gasteiger partial charge is 0.380 e. The smallest absolute Gasteiger partial charge is 0.270 e. The molecule has 1 N–H and O–H groups in total. The number of aromatic nitrogens is 1. The van der Waals surface area contributed by atoms with Crippen LogP contribution in [0, 0.1) is 28.4 Å². The van der Waals surface area contributed by atoms with Gasteiger partial charge < -0.3 is 18.9 Å². The standard InChI is InChI=1S/C22H24N6O6/c1-15-9-17(14-33-2)19(11-23)22(30)27(15)13-21(29)25-24-12-16-10-18(28(31)32)3-4-20(16)26-5-7-34-8-6-26/h3-4,9-10,12H,5-8,13-14H2,1-2H3,(H,25,29)/b24-12-. The number of hydrogen-bond acceptors (Lipinski definition) is 9. The van der Waals surface area contributed by atoms with Crippen LogP contribution in [0.2, 0.25) is 0 Å². The van der Waals surface area contributed by atoms with Gasteiger partial charge in [-0.15, -0.1) is 0 Å². The number of carbonyl (C=O) groups is 1. The van der Waals surface area contributed by atoms with Gasteiger partial charge in [-0.3, -0.25) is 19.7 Å². The molecule has 1 aliphatic heterocycles. The molecule has 178 valence electrons. The second-order valence-corrected chi connectivity index (χ2v) is 7.51. The third-order valence-electron chi connectivity index (χ3n) is 5.27. The number of pyridine rings is 1. The molecule has 0 aliphatic carbocycles. The predicted molar refractivity (Wildman–Crippen MR) is 123 cm³/mol. The molecule has 1 saturated heterocycles. The molecule has 1 aliphatic rings. The Bertz CT molecular complexity index is 1210.